The van der Waals surface area contributed by atoms with Crippen LogP contribution in [0.2, 0.25) is 0 Å². The second kappa shape index (κ2) is 5.87. The van der Waals surface area contributed by atoms with Gasteiger partial charge in [-0.2, -0.15) is 0 Å². The highest BCUT2D eigenvalue weighted by atomic mass is 15.2. The molecule has 0 bridgehead atoms. The molecule has 1 saturated heterocycles. The van der Waals surface area contributed by atoms with Gasteiger partial charge in [0.1, 0.15) is 0 Å². The van der Waals surface area contributed by atoms with Gasteiger partial charge in [0.25, 0.3) is 0 Å². The van der Waals surface area contributed by atoms with Gasteiger partial charge < -0.3 is 5.32 Å². The smallest absolute Gasteiger partial charge is 0.0481 e. The average Bonchev–Trinajstić information content (AvgIpc) is 2.78. The van der Waals surface area contributed by atoms with Gasteiger partial charge in [0.15, 0.2) is 0 Å². The SMILES string of the molecule is CCNC1c2ccccc2CCC1N1CC(C)CC1C. The summed E-state index contributed by atoms with van der Waals surface area (Å²) in [6.07, 6.45) is 3.89. The molecule has 4 atom stereocenters. The third kappa shape index (κ3) is 2.51. The van der Waals surface area contributed by atoms with Crippen LogP contribution in [-0.2, 0) is 6.42 Å². The second-order valence-electron chi connectivity index (χ2n) is 6.73. The van der Waals surface area contributed by atoms with Crippen LogP contribution in [0.1, 0.15) is 50.8 Å². The lowest BCUT2D eigenvalue weighted by Gasteiger charge is -2.41. The zero-order valence-corrected chi connectivity index (χ0v) is 13.1. The van der Waals surface area contributed by atoms with E-state index in [1.165, 1.54) is 31.4 Å². The van der Waals surface area contributed by atoms with Crippen LogP contribution < -0.4 is 5.32 Å². The summed E-state index contributed by atoms with van der Waals surface area (Å²) in [7, 11) is 0. The monoisotopic (exact) mass is 272 g/mol. The Kier molecular flexibility index (Phi) is 4.13. The van der Waals surface area contributed by atoms with Crippen molar-refractivity contribution in [3.63, 3.8) is 0 Å². The Balaban J connectivity index is 1.88. The highest BCUT2D eigenvalue weighted by molar-refractivity contribution is 5.34. The van der Waals surface area contributed by atoms with Crippen LogP contribution in [0, 0.1) is 5.92 Å². The molecule has 1 N–H and O–H groups in total. The molecule has 1 aromatic carbocycles. The summed E-state index contributed by atoms with van der Waals surface area (Å²) < 4.78 is 0. The highest BCUT2D eigenvalue weighted by Gasteiger charge is 2.38. The van der Waals surface area contributed by atoms with Crippen LogP contribution in [0.5, 0.6) is 0 Å². The van der Waals surface area contributed by atoms with Crippen LogP contribution in [0.25, 0.3) is 0 Å². The molecule has 0 amide bonds. The molecule has 0 saturated carbocycles. The van der Waals surface area contributed by atoms with Crippen molar-refractivity contribution >= 4 is 0 Å². The Morgan fingerprint density at radius 2 is 2.05 bits per heavy atom. The fraction of sp³-hybridized carbons (Fsp3) is 0.667. The Morgan fingerprint density at radius 3 is 2.75 bits per heavy atom. The number of hydrogen-bond donors (Lipinski definition) is 1. The molecule has 2 heteroatoms. The van der Waals surface area contributed by atoms with Crippen molar-refractivity contribution in [2.24, 2.45) is 5.92 Å². The lowest BCUT2D eigenvalue weighted by Crippen LogP contribution is -2.48. The topological polar surface area (TPSA) is 15.3 Å². The highest BCUT2D eigenvalue weighted by Crippen LogP contribution is 2.37. The van der Waals surface area contributed by atoms with E-state index >= 15 is 0 Å². The standard InChI is InChI=1S/C18H28N2/c1-4-19-18-16-8-6-5-7-15(16)9-10-17(18)20-12-13(2)11-14(20)3/h5-8,13-14,17-19H,4,9-12H2,1-3H3. The fourth-order valence-corrected chi connectivity index (χ4v) is 4.36. The Bertz CT molecular complexity index is 456. The third-order valence-corrected chi connectivity index (χ3v) is 5.17. The lowest BCUT2D eigenvalue weighted by atomic mass is 9.83. The molecule has 20 heavy (non-hydrogen) atoms. The van der Waals surface area contributed by atoms with E-state index in [1.54, 1.807) is 5.56 Å². The van der Waals surface area contributed by atoms with Gasteiger partial charge >= 0.3 is 0 Å². The van der Waals surface area contributed by atoms with E-state index in [4.69, 9.17) is 0 Å². The lowest BCUT2D eigenvalue weighted by molar-refractivity contribution is 0.132. The van der Waals surface area contributed by atoms with E-state index in [2.05, 4.69) is 55.3 Å². The largest absolute Gasteiger partial charge is 0.309 e. The van der Waals surface area contributed by atoms with E-state index < -0.39 is 0 Å². The Hall–Kier alpha value is -0.860. The van der Waals surface area contributed by atoms with Crippen LogP contribution in [0.4, 0.5) is 0 Å². The number of likely N-dealkylation sites (N-methyl/N-ethyl adjacent to an activating group) is 1. The number of aryl methyl sites for hydroxylation is 1. The van der Waals surface area contributed by atoms with Crippen molar-refractivity contribution in [2.45, 2.75) is 58.2 Å². The Morgan fingerprint density at radius 1 is 1.25 bits per heavy atom. The molecule has 2 nitrogen and oxygen atoms in total. The van der Waals surface area contributed by atoms with Crippen molar-refractivity contribution in [2.75, 3.05) is 13.1 Å². The number of nitrogens with zero attached hydrogens (tertiary/aromatic N) is 1. The number of fused-ring (bicyclic) bond motifs is 1. The number of hydrogen-bond acceptors (Lipinski definition) is 2. The minimum absolute atomic E-state index is 0.512. The maximum atomic E-state index is 3.76. The molecule has 1 aliphatic heterocycles. The van der Waals surface area contributed by atoms with Gasteiger partial charge in [0, 0.05) is 24.7 Å². The van der Waals surface area contributed by atoms with Gasteiger partial charge in [-0.05, 0) is 49.8 Å². The summed E-state index contributed by atoms with van der Waals surface area (Å²) in [4.78, 5) is 2.77. The molecule has 0 radical (unpaired) electrons. The molecule has 1 aromatic rings. The van der Waals surface area contributed by atoms with E-state index in [-0.39, 0.29) is 0 Å². The first-order valence-corrected chi connectivity index (χ1v) is 8.27. The van der Waals surface area contributed by atoms with Gasteiger partial charge in [0.2, 0.25) is 0 Å². The summed E-state index contributed by atoms with van der Waals surface area (Å²) in [5.74, 6) is 0.851. The maximum absolute atomic E-state index is 3.76. The number of nitrogens with one attached hydrogen (secondary N) is 1. The first kappa shape index (κ1) is 14.1. The first-order chi connectivity index (χ1) is 9.70. The van der Waals surface area contributed by atoms with Crippen molar-refractivity contribution in [3.05, 3.63) is 35.4 Å². The Labute approximate surface area is 123 Å². The molecular formula is C18H28N2. The summed E-state index contributed by atoms with van der Waals surface area (Å²) in [5, 5.41) is 3.76. The summed E-state index contributed by atoms with van der Waals surface area (Å²) in [5.41, 5.74) is 3.09. The zero-order valence-electron chi connectivity index (χ0n) is 13.1. The van der Waals surface area contributed by atoms with E-state index in [0.717, 1.165) is 18.5 Å². The van der Waals surface area contributed by atoms with Crippen molar-refractivity contribution in [1.82, 2.24) is 10.2 Å². The van der Waals surface area contributed by atoms with Crippen LogP contribution in [0.15, 0.2) is 24.3 Å². The normalized spacial score (nSPS) is 34.1. The minimum Gasteiger partial charge on any atom is -0.309 e. The predicted molar refractivity (Wildman–Crippen MR) is 84.9 cm³/mol. The average molecular weight is 272 g/mol. The molecule has 2 aliphatic rings. The molecule has 1 fully saturated rings. The molecule has 1 heterocycles. The summed E-state index contributed by atoms with van der Waals surface area (Å²) in [6, 6.07) is 10.9. The second-order valence-corrected chi connectivity index (χ2v) is 6.73. The van der Waals surface area contributed by atoms with E-state index in [0.29, 0.717) is 12.1 Å². The van der Waals surface area contributed by atoms with Crippen LogP contribution >= 0.6 is 0 Å². The predicted octanol–water partition coefficient (Wildman–Crippen LogP) is 3.38. The molecular weight excluding hydrogens is 244 g/mol. The number of benzene rings is 1. The molecule has 110 valence electrons. The third-order valence-electron chi connectivity index (χ3n) is 5.17. The van der Waals surface area contributed by atoms with Crippen LogP contribution in [-0.4, -0.2) is 30.1 Å². The molecule has 0 spiro atoms. The quantitative estimate of drug-likeness (QED) is 0.907. The molecule has 3 rings (SSSR count). The molecule has 1 aliphatic carbocycles. The van der Waals surface area contributed by atoms with Crippen molar-refractivity contribution < 1.29 is 0 Å². The zero-order chi connectivity index (χ0) is 14.1. The van der Waals surface area contributed by atoms with Crippen molar-refractivity contribution in [1.29, 1.82) is 0 Å². The molecule has 0 aromatic heterocycles. The van der Waals surface area contributed by atoms with Crippen molar-refractivity contribution in [3.8, 4) is 0 Å². The fourth-order valence-electron chi connectivity index (χ4n) is 4.36. The van der Waals surface area contributed by atoms with Gasteiger partial charge in [-0.1, -0.05) is 38.1 Å². The summed E-state index contributed by atoms with van der Waals surface area (Å²) in [6.45, 7) is 9.36. The minimum atomic E-state index is 0.512. The van der Waals surface area contributed by atoms with E-state index in [9.17, 15) is 0 Å². The maximum Gasteiger partial charge on any atom is 0.0481 e. The van der Waals surface area contributed by atoms with Gasteiger partial charge in [0.05, 0.1) is 0 Å². The number of likely N-dealkylation sites (tertiary alicyclic amines) is 1. The van der Waals surface area contributed by atoms with Gasteiger partial charge in [-0.3, -0.25) is 4.90 Å². The first-order valence-electron chi connectivity index (χ1n) is 8.27. The number of rotatable bonds is 3. The molecule has 4 unspecified atom stereocenters. The van der Waals surface area contributed by atoms with E-state index in [1.807, 2.05) is 0 Å². The van der Waals surface area contributed by atoms with Crippen LogP contribution in [0.3, 0.4) is 0 Å². The van der Waals surface area contributed by atoms with Gasteiger partial charge in [-0.15, -0.1) is 0 Å². The summed E-state index contributed by atoms with van der Waals surface area (Å²) >= 11 is 0. The van der Waals surface area contributed by atoms with Gasteiger partial charge in [-0.25, -0.2) is 0 Å².